The smallest absolute Gasteiger partial charge is 0.313 e. The number of hydrogen-bond donors (Lipinski definition) is 1. The van der Waals surface area contributed by atoms with E-state index >= 15 is 0 Å². The van der Waals surface area contributed by atoms with Crippen molar-refractivity contribution in [3.8, 4) is 0 Å². The van der Waals surface area contributed by atoms with Gasteiger partial charge in [0, 0.05) is 0 Å². The zero-order valence-electron chi connectivity index (χ0n) is 12.7. The van der Waals surface area contributed by atoms with Gasteiger partial charge in [-0.1, -0.05) is 52.0 Å². The van der Waals surface area contributed by atoms with Crippen LogP contribution in [0.2, 0.25) is 0 Å². The van der Waals surface area contributed by atoms with Crippen LogP contribution in [0.1, 0.15) is 64.5 Å². The molecule has 0 radical (unpaired) electrons. The van der Waals surface area contributed by atoms with Crippen molar-refractivity contribution in [2.45, 2.75) is 58.8 Å². The SMILES string of the molecule is CCC(C)c1ccc(C(C)(CC(C)C)C(=O)O)cc1. The first-order chi connectivity index (χ1) is 8.81. The number of rotatable bonds is 6. The normalized spacial score (nSPS) is 16.1. The number of carboxylic acid groups (broad SMARTS) is 1. The molecule has 0 fully saturated rings. The molecule has 2 nitrogen and oxygen atoms in total. The summed E-state index contributed by atoms with van der Waals surface area (Å²) in [5.41, 5.74) is 1.39. The molecular formula is C17H26O2. The molecule has 0 saturated carbocycles. The second kappa shape index (κ2) is 6.23. The van der Waals surface area contributed by atoms with Crippen LogP contribution in [0.25, 0.3) is 0 Å². The Morgan fingerprint density at radius 3 is 2.11 bits per heavy atom. The van der Waals surface area contributed by atoms with E-state index in [9.17, 15) is 9.90 Å². The van der Waals surface area contributed by atoms with Gasteiger partial charge in [-0.2, -0.15) is 0 Å². The Hall–Kier alpha value is -1.31. The van der Waals surface area contributed by atoms with Gasteiger partial charge in [0.25, 0.3) is 0 Å². The third-order valence-corrected chi connectivity index (χ3v) is 4.02. The van der Waals surface area contributed by atoms with Gasteiger partial charge < -0.3 is 5.11 Å². The van der Waals surface area contributed by atoms with Crippen molar-refractivity contribution in [3.63, 3.8) is 0 Å². The highest BCUT2D eigenvalue weighted by Crippen LogP contribution is 2.32. The molecule has 0 saturated heterocycles. The van der Waals surface area contributed by atoms with E-state index in [1.165, 1.54) is 5.56 Å². The maximum absolute atomic E-state index is 11.6. The molecule has 1 aromatic carbocycles. The van der Waals surface area contributed by atoms with Gasteiger partial charge in [0.1, 0.15) is 0 Å². The maximum Gasteiger partial charge on any atom is 0.313 e. The lowest BCUT2D eigenvalue weighted by atomic mass is 9.75. The van der Waals surface area contributed by atoms with Gasteiger partial charge in [0.15, 0.2) is 0 Å². The minimum atomic E-state index is -0.790. The van der Waals surface area contributed by atoms with E-state index in [1.54, 1.807) is 0 Å². The molecule has 106 valence electrons. The molecule has 1 rings (SSSR count). The third kappa shape index (κ3) is 3.59. The summed E-state index contributed by atoms with van der Waals surface area (Å²) in [5, 5.41) is 9.56. The zero-order chi connectivity index (χ0) is 14.6. The van der Waals surface area contributed by atoms with Gasteiger partial charge in [-0.3, -0.25) is 4.79 Å². The molecule has 0 aliphatic heterocycles. The van der Waals surface area contributed by atoms with Crippen LogP contribution in [0.4, 0.5) is 0 Å². The summed E-state index contributed by atoms with van der Waals surface area (Å²) in [5.74, 6) is 0.142. The monoisotopic (exact) mass is 262 g/mol. The fraction of sp³-hybridized carbons (Fsp3) is 0.588. The highest BCUT2D eigenvalue weighted by molar-refractivity contribution is 5.80. The van der Waals surface area contributed by atoms with E-state index in [0.717, 1.165) is 12.0 Å². The zero-order valence-corrected chi connectivity index (χ0v) is 12.7. The lowest BCUT2D eigenvalue weighted by Gasteiger charge is -2.27. The number of carboxylic acids is 1. The fourth-order valence-electron chi connectivity index (χ4n) is 2.56. The van der Waals surface area contributed by atoms with Crippen molar-refractivity contribution in [2.75, 3.05) is 0 Å². The quantitative estimate of drug-likeness (QED) is 0.814. The molecule has 0 bridgehead atoms. The van der Waals surface area contributed by atoms with Crippen molar-refractivity contribution < 1.29 is 9.90 Å². The molecule has 2 heteroatoms. The van der Waals surface area contributed by atoms with Crippen LogP contribution < -0.4 is 0 Å². The van der Waals surface area contributed by atoms with Crippen molar-refractivity contribution in [2.24, 2.45) is 5.92 Å². The van der Waals surface area contributed by atoms with Gasteiger partial charge in [-0.05, 0) is 42.7 Å². The Morgan fingerprint density at radius 2 is 1.74 bits per heavy atom. The highest BCUT2D eigenvalue weighted by atomic mass is 16.4. The standard InChI is InChI=1S/C17H26O2/c1-6-13(4)14-7-9-15(10-8-14)17(5,16(18)19)11-12(2)3/h7-10,12-13H,6,11H2,1-5H3,(H,18,19). The summed E-state index contributed by atoms with van der Waals surface area (Å²) < 4.78 is 0. The number of aliphatic carboxylic acids is 1. The molecule has 0 heterocycles. The van der Waals surface area contributed by atoms with Crippen molar-refractivity contribution in [1.29, 1.82) is 0 Å². The minimum absolute atomic E-state index is 0.357. The topological polar surface area (TPSA) is 37.3 Å². The molecule has 0 aromatic heterocycles. The molecule has 2 atom stereocenters. The number of carbonyl (C=O) groups is 1. The predicted octanol–water partition coefficient (Wildman–Crippen LogP) is 4.59. The lowest BCUT2D eigenvalue weighted by molar-refractivity contribution is -0.143. The van der Waals surface area contributed by atoms with E-state index in [-0.39, 0.29) is 0 Å². The van der Waals surface area contributed by atoms with Crippen molar-refractivity contribution >= 4 is 5.97 Å². The van der Waals surface area contributed by atoms with Crippen LogP contribution in [0, 0.1) is 5.92 Å². The Kier molecular flexibility index (Phi) is 5.16. The van der Waals surface area contributed by atoms with Crippen LogP contribution in [-0.4, -0.2) is 11.1 Å². The molecule has 0 aliphatic rings. The average Bonchev–Trinajstić information content (AvgIpc) is 2.36. The predicted molar refractivity (Wildman–Crippen MR) is 79.6 cm³/mol. The Labute approximate surface area is 116 Å². The first-order valence-corrected chi connectivity index (χ1v) is 7.15. The van der Waals surface area contributed by atoms with Crippen molar-refractivity contribution in [1.82, 2.24) is 0 Å². The molecule has 1 aromatic rings. The fourth-order valence-corrected chi connectivity index (χ4v) is 2.56. The van der Waals surface area contributed by atoms with Crippen molar-refractivity contribution in [3.05, 3.63) is 35.4 Å². The Bertz CT molecular complexity index is 419. The summed E-state index contributed by atoms with van der Waals surface area (Å²) in [4.78, 5) is 11.6. The molecular weight excluding hydrogens is 236 g/mol. The second-order valence-electron chi connectivity index (χ2n) is 6.17. The third-order valence-electron chi connectivity index (χ3n) is 4.02. The molecule has 0 aliphatic carbocycles. The summed E-state index contributed by atoms with van der Waals surface area (Å²) in [6, 6.07) is 8.12. The maximum atomic E-state index is 11.6. The van der Waals surface area contributed by atoms with Gasteiger partial charge in [0.05, 0.1) is 5.41 Å². The molecule has 0 spiro atoms. The van der Waals surface area contributed by atoms with E-state index in [0.29, 0.717) is 18.3 Å². The van der Waals surface area contributed by atoms with Gasteiger partial charge in [0.2, 0.25) is 0 Å². The molecule has 19 heavy (non-hydrogen) atoms. The average molecular weight is 262 g/mol. The first kappa shape index (κ1) is 15.7. The summed E-state index contributed by atoms with van der Waals surface area (Å²) in [6.45, 7) is 10.3. The number of hydrogen-bond acceptors (Lipinski definition) is 1. The molecule has 1 N–H and O–H groups in total. The van der Waals surface area contributed by atoms with E-state index in [1.807, 2.05) is 19.1 Å². The van der Waals surface area contributed by atoms with E-state index in [4.69, 9.17) is 0 Å². The van der Waals surface area contributed by atoms with Gasteiger partial charge >= 0.3 is 5.97 Å². The summed E-state index contributed by atoms with van der Waals surface area (Å²) in [7, 11) is 0. The van der Waals surface area contributed by atoms with Crippen LogP contribution in [0.3, 0.4) is 0 Å². The largest absolute Gasteiger partial charge is 0.481 e. The minimum Gasteiger partial charge on any atom is -0.481 e. The van der Waals surface area contributed by atoms with Crippen LogP contribution in [-0.2, 0) is 10.2 Å². The Morgan fingerprint density at radius 1 is 1.21 bits per heavy atom. The van der Waals surface area contributed by atoms with Gasteiger partial charge in [-0.15, -0.1) is 0 Å². The van der Waals surface area contributed by atoms with Crippen LogP contribution >= 0.6 is 0 Å². The highest BCUT2D eigenvalue weighted by Gasteiger charge is 2.35. The second-order valence-corrected chi connectivity index (χ2v) is 6.17. The molecule has 2 unspecified atom stereocenters. The number of benzene rings is 1. The summed E-state index contributed by atoms with van der Waals surface area (Å²) in [6.07, 6.45) is 1.76. The molecule has 0 amide bonds. The van der Waals surface area contributed by atoms with E-state index in [2.05, 4.69) is 39.8 Å². The van der Waals surface area contributed by atoms with Crippen LogP contribution in [0.5, 0.6) is 0 Å². The van der Waals surface area contributed by atoms with E-state index < -0.39 is 11.4 Å². The summed E-state index contributed by atoms with van der Waals surface area (Å²) >= 11 is 0. The first-order valence-electron chi connectivity index (χ1n) is 7.15. The Balaban J connectivity index is 3.08. The lowest BCUT2D eigenvalue weighted by Crippen LogP contribution is -2.33. The van der Waals surface area contributed by atoms with Crippen LogP contribution in [0.15, 0.2) is 24.3 Å². The van der Waals surface area contributed by atoms with Gasteiger partial charge in [-0.25, -0.2) is 0 Å².